The maximum atomic E-state index is 3.57. The van der Waals surface area contributed by atoms with Gasteiger partial charge in [0.1, 0.15) is 0 Å². The fourth-order valence-electron chi connectivity index (χ4n) is 1.85. The van der Waals surface area contributed by atoms with Crippen LogP contribution in [0.5, 0.6) is 0 Å². The zero-order valence-corrected chi connectivity index (χ0v) is 12.0. The fraction of sp³-hybridized carbons (Fsp3) is 0.200. The van der Waals surface area contributed by atoms with E-state index in [1.807, 2.05) is 0 Å². The Morgan fingerprint density at radius 1 is 1.00 bits per heavy atom. The molecule has 0 aliphatic carbocycles. The number of hydrogen-bond acceptors (Lipinski definition) is 1. The van der Waals surface area contributed by atoms with E-state index in [9.17, 15) is 0 Å². The lowest BCUT2D eigenvalue weighted by atomic mass is 10.0. The summed E-state index contributed by atoms with van der Waals surface area (Å²) in [6.45, 7) is 2.21. The molecule has 1 unspecified atom stereocenters. The summed E-state index contributed by atoms with van der Waals surface area (Å²) in [5.41, 5.74) is 2.52. The molecule has 2 aromatic carbocycles. The average molecular weight is 337 g/mol. The van der Waals surface area contributed by atoms with Crippen molar-refractivity contribution in [1.29, 1.82) is 0 Å². The van der Waals surface area contributed by atoms with Gasteiger partial charge in [0, 0.05) is 9.26 Å². The Kier molecular flexibility index (Phi) is 4.42. The van der Waals surface area contributed by atoms with Crippen LogP contribution in [0.25, 0.3) is 0 Å². The third kappa shape index (κ3) is 3.46. The number of halogens is 1. The molecule has 0 saturated carbocycles. The lowest BCUT2D eigenvalue weighted by molar-refractivity contribution is 0.749. The first-order valence-electron chi connectivity index (χ1n) is 5.86. The summed E-state index contributed by atoms with van der Waals surface area (Å²) in [6, 6.07) is 19.5. The topological polar surface area (TPSA) is 12.0 Å². The van der Waals surface area contributed by atoms with Crippen LogP contribution in [0.4, 0.5) is 5.69 Å². The zero-order chi connectivity index (χ0) is 12.1. The van der Waals surface area contributed by atoms with Crippen molar-refractivity contribution in [2.24, 2.45) is 0 Å². The third-order valence-corrected chi connectivity index (χ3v) is 3.51. The lowest BCUT2D eigenvalue weighted by Crippen LogP contribution is -2.09. The van der Waals surface area contributed by atoms with Gasteiger partial charge in [-0.05, 0) is 58.8 Å². The van der Waals surface area contributed by atoms with Gasteiger partial charge in [0.25, 0.3) is 0 Å². The van der Waals surface area contributed by atoms with E-state index < -0.39 is 0 Å². The van der Waals surface area contributed by atoms with Crippen LogP contribution < -0.4 is 5.32 Å². The Labute approximate surface area is 116 Å². The highest BCUT2D eigenvalue weighted by atomic mass is 127. The summed E-state index contributed by atoms with van der Waals surface area (Å²) < 4.78 is 1.26. The van der Waals surface area contributed by atoms with Crippen molar-refractivity contribution in [2.45, 2.75) is 19.4 Å². The van der Waals surface area contributed by atoms with Gasteiger partial charge in [-0.25, -0.2) is 0 Å². The Hall–Kier alpha value is -1.03. The number of rotatable bonds is 4. The predicted molar refractivity (Wildman–Crippen MR) is 82.3 cm³/mol. The number of nitrogens with one attached hydrogen (secondary N) is 1. The monoisotopic (exact) mass is 337 g/mol. The molecule has 1 N–H and O–H groups in total. The summed E-state index contributed by atoms with van der Waals surface area (Å²) in [5, 5.41) is 3.57. The maximum absolute atomic E-state index is 3.57. The van der Waals surface area contributed by atoms with Crippen molar-refractivity contribution in [2.75, 3.05) is 5.32 Å². The van der Waals surface area contributed by atoms with E-state index in [1.54, 1.807) is 0 Å². The van der Waals surface area contributed by atoms with E-state index in [2.05, 4.69) is 89.4 Å². The summed E-state index contributed by atoms with van der Waals surface area (Å²) >= 11 is 2.32. The molecule has 1 nitrogen and oxygen atoms in total. The molecule has 88 valence electrons. The van der Waals surface area contributed by atoms with Crippen LogP contribution in [0.15, 0.2) is 54.6 Å². The van der Waals surface area contributed by atoms with Crippen LogP contribution in [-0.2, 0) is 0 Å². The number of hydrogen-bond donors (Lipinski definition) is 1. The molecule has 0 bridgehead atoms. The molecule has 0 fully saturated rings. The van der Waals surface area contributed by atoms with Crippen molar-refractivity contribution < 1.29 is 0 Å². The van der Waals surface area contributed by atoms with Crippen molar-refractivity contribution >= 4 is 28.3 Å². The highest BCUT2D eigenvalue weighted by Crippen LogP contribution is 2.22. The molecule has 1 atom stereocenters. The molecule has 17 heavy (non-hydrogen) atoms. The molecule has 0 heterocycles. The van der Waals surface area contributed by atoms with E-state index in [0.717, 1.165) is 6.42 Å². The molecule has 0 aromatic heterocycles. The third-order valence-electron chi connectivity index (χ3n) is 2.80. The molecule has 0 radical (unpaired) electrons. The maximum Gasteiger partial charge on any atom is 0.0511 e. The Morgan fingerprint density at radius 2 is 1.65 bits per heavy atom. The van der Waals surface area contributed by atoms with Crippen LogP contribution in [0.3, 0.4) is 0 Å². The number of anilines is 1. The zero-order valence-electron chi connectivity index (χ0n) is 9.86. The first-order chi connectivity index (χ1) is 8.29. The van der Waals surface area contributed by atoms with E-state index in [-0.39, 0.29) is 0 Å². The van der Waals surface area contributed by atoms with Gasteiger partial charge in [0.05, 0.1) is 6.04 Å². The molecule has 2 aromatic rings. The van der Waals surface area contributed by atoms with Crippen LogP contribution in [0.1, 0.15) is 24.9 Å². The second-order valence-corrected chi connectivity index (χ2v) is 5.27. The van der Waals surface area contributed by atoms with Crippen molar-refractivity contribution in [1.82, 2.24) is 0 Å². The van der Waals surface area contributed by atoms with Gasteiger partial charge in [0.15, 0.2) is 0 Å². The molecule has 2 rings (SSSR count). The minimum Gasteiger partial charge on any atom is -0.378 e. The molecule has 0 amide bonds. The Balaban J connectivity index is 2.13. The standard InChI is InChI=1S/C15H16IN/c1-2-15(12-6-4-3-5-7-12)17-14-10-8-13(16)9-11-14/h3-11,15,17H,2H2,1H3. The van der Waals surface area contributed by atoms with Gasteiger partial charge in [-0.15, -0.1) is 0 Å². The van der Waals surface area contributed by atoms with E-state index in [0.29, 0.717) is 6.04 Å². The molecule has 0 spiro atoms. The summed E-state index contributed by atoms with van der Waals surface area (Å²) in [7, 11) is 0. The number of benzene rings is 2. The normalized spacial score (nSPS) is 12.1. The lowest BCUT2D eigenvalue weighted by Gasteiger charge is -2.18. The highest BCUT2D eigenvalue weighted by Gasteiger charge is 2.07. The van der Waals surface area contributed by atoms with Gasteiger partial charge < -0.3 is 5.32 Å². The van der Waals surface area contributed by atoms with E-state index in [4.69, 9.17) is 0 Å². The molecular formula is C15H16IN. The minimum absolute atomic E-state index is 0.385. The minimum atomic E-state index is 0.385. The van der Waals surface area contributed by atoms with Gasteiger partial charge >= 0.3 is 0 Å². The van der Waals surface area contributed by atoms with Crippen molar-refractivity contribution in [3.63, 3.8) is 0 Å². The summed E-state index contributed by atoms with van der Waals surface area (Å²) in [4.78, 5) is 0. The van der Waals surface area contributed by atoms with Crippen molar-refractivity contribution in [3.05, 3.63) is 63.7 Å². The Bertz CT molecular complexity index is 450. The van der Waals surface area contributed by atoms with Gasteiger partial charge in [-0.1, -0.05) is 37.3 Å². The second kappa shape index (κ2) is 6.05. The summed E-state index contributed by atoms with van der Waals surface area (Å²) in [5.74, 6) is 0. The molecule has 0 saturated heterocycles. The van der Waals surface area contributed by atoms with Gasteiger partial charge in [-0.3, -0.25) is 0 Å². The molecule has 0 aliphatic heterocycles. The SMILES string of the molecule is CCC(Nc1ccc(I)cc1)c1ccccc1. The predicted octanol–water partition coefficient (Wildman–Crippen LogP) is 4.85. The van der Waals surface area contributed by atoms with Crippen LogP contribution >= 0.6 is 22.6 Å². The van der Waals surface area contributed by atoms with E-state index in [1.165, 1.54) is 14.8 Å². The molecule has 0 aliphatic rings. The van der Waals surface area contributed by atoms with Crippen LogP contribution in [0.2, 0.25) is 0 Å². The van der Waals surface area contributed by atoms with Gasteiger partial charge in [-0.2, -0.15) is 0 Å². The smallest absolute Gasteiger partial charge is 0.0511 e. The van der Waals surface area contributed by atoms with E-state index >= 15 is 0 Å². The first kappa shape index (κ1) is 12.4. The Morgan fingerprint density at radius 3 is 2.24 bits per heavy atom. The summed E-state index contributed by atoms with van der Waals surface area (Å²) in [6.07, 6.45) is 1.08. The van der Waals surface area contributed by atoms with Gasteiger partial charge in [0.2, 0.25) is 0 Å². The quantitative estimate of drug-likeness (QED) is 0.786. The molecule has 2 heteroatoms. The average Bonchev–Trinajstić information content (AvgIpc) is 2.39. The van der Waals surface area contributed by atoms with Crippen LogP contribution in [0, 0.1) is 3.57 Å². The van der Waals surface area contributed by atoms with Crippen molar-refractivity contribution in [3.8, 4) is 0 Å². The fourth-order valence-corrected chi connectivity index (χ4v) is 2.21. The first-order valence-corrected chi connectivity index (χ1v) is 6.94. The van der Waals surface area contributed by atoms with Crippen LogP contribution in [-0.4, -0.2) is 0 Å². The second-order valence-electron chi connectivity index (χ2n) is 4.02. The largest absolute Gasteiger partial charge is 0.378 e. The highest BCUT2D eigenvalue weighted by molar-refractivity contribution is 14.1. The molecular weight excluding hydrogens is 321 g/mol.